The van der Waals surface area contributed by atoms with Crippen LogP contribution in [0.4, 0.5) is 5.69 Å². The first-order chi connectivity index (χ1) is 17.8. The summed E-state index contributed by atoms with van der Waals surface area (Å²) in [5.74, 6) is 0.309. The summed E-state index contributed by atoms with van der Waals surface area (Å²) in [5, 5.41) is 19.1. The van der Waals surface area contributed by atoms with E-state index >= 15 is 0 Å². The number of phenolic OH excluding ortho intramolecular Hbond substituents is 1. The van der Waals surface area contributed by atoms with Crippen LogP contribution in [0.25, 0.3) is 11.3 Å². The van der Waals surface area contributed by atoms with Gasteiger partial charge in [-0.15, -0.1) is 22.7 Å². The maximum absolute atomic E-state index is 12.3. The lowest BCUT2D eigenvalue weighted by Gasteiger charge is -2.28. The Morgan fingerprint density at radius 3 is 2.13 bits per heavy atom. The Morgan fingerprint density at radius 2 is 1.58 bits per heavy atom. The number of thiazole rings is 1. The molecule has 0 atom stereocenters. The molecule has 4 rings (SSSR count). The van der Waals surface area contributed by atoms with Gasteiger partial charge in [-0.3, -0.25) is 9.69 Å². The van der Waals surface area contributed by atoms with Gasteiger partial charge in [0.15, 0.2) is 0 Å². The first kappa shape index (κ1) is 28.0. The SMILES string of the molecule is CN(Cc1ccc(NC(=O)c2cccs2)cc1)Cc1nc(-c2cc(C(C)(C)C)c(O)c(C(C)(C)C)c2)cs1. The van der Waals surface area contributed by atoms with Crippen molar-refractivity contribution >= 4 is 34.3 Å². The number of rotatable bonds is 7. The maximum Gasteiger partial charge on any atom is 0.265 e. The summed E-state index contributed by atoms with van der Waals surface area (Å²) >= 11 is 3.09. The summed E-state index contributed by atoms with van der Waals surface area (Å²) in [5.41, 5.74) is 5.48. The predicted octanol–water partition coefficient (Wildman–Crippen LogP) is 8.06. The molecule has 0 radical (unpaired) electrons. The number of carbonyl (C=O) groups excluding carboxylic acids is 1. The minimum absolute atomic E-state index is 0.0812. The fraction of sp³-hybridized carbons (Fsp3) is 0.355. The van der Waals surface area contributed by atoms with Crippen LogP contribution in [0.2, 0.25) is 0 Å². The minimum Gasteiger partial charge on any atom is -0.507 e. The third kappa shape index (κ3) is 6.70. The number of aromatic hydroxyl groups is 1. The van der Waals surface area contributed by atoms with Gasteiger partial charge in [-0.05, 0) is 59.2 Å². The van der Waals surface area contributed by atoms with Gasteiger partial charge in [0.25, 0.3) is 5.91 Å². The number of amides is 1. The molecule has 0 fully saturated rings. The highest BCUT2D eigenvalue weighted by Gasteiger charge is 2.27. The number of benzene rings is 2. The molecule has 5 nitrogen and oxygen atoms in total. The fourth-order valence-corrected chi connectivity index (χ4v) is 5.84. The first-order valence-corrected chi connectivity index (χ1v) is 14.5. The van der Waals surface area contributed by atoms with Crippen LogP contribution in [0.5, 0.6) is 5.75 Å². The quantitative estimate of drug-likeness (QED) is 0.246. The van der Waals surface area contributed by atoms with Crippen LogP contribution in [0, 0.1) is 0 Å². The van der Waals surface area contributed by atoms with Crippen molar-refractivity contribution in [2.45, 2.75) is 65.5 Å². The fourth-order valence-electron chi connectivity index (χ4n) is 4.33. The van der Waals surface area contributed by atoms with E-state index in [0.29, 0.717) is 10.6 Å². The lowest BCUT2D eigenvalue weighted by molar-refractivity contribution is 0.103. The molecule has 2 aromatic heterocycles. The molecule has 2 aromatic carbocycles. The summed E-state index contributed by atoms with van der Waals surface area (Å²) in [6.45, 7) is 14.3. The highest BCUT2D eigenvalue weighted by Crippen LogP contribution is 2.42. The standard InChI is InChI=1S/C31H37N3O2S2/c1-30(2,3)23-15-21(16-24(28(23)35)31(4,5)6)25-19-38-27(33-25)18-34(7)17-20-10-12-22(13-11-20)32-29(36)26-9-8-14-37-26/h8-16,19,35H,17-18H2,1-7H3,(H,32,36). The van der Waals surface area contributed by atoms with Crippen molar-refractivity contribution in [2.75, 3.05) is 12.4 Å². The minimum atomic E-state index is -0.179. The number of aromatic nitrogens is 1. The number of nitrogens with one attached hydrogen (secondary N) is 1. The van der Waals surface area contributed by atoms with E-state index in [2.05, 4.69) is 76.3 Å². The van der Waals surface area contributed by atoms with Crippen molar-refractivity contribution < 1.29 is 9.90 Å². The molecular weight excluding hydrogens is 510 g/mol. The molecule has 0 spiro atoms. The second-order valence-corrected chi connectivity index (χ2v) is 13.7. The molecule has 0 aliphatic rings. The molecule has 0 aliphatic heterocycles. The molecule has 2 heterocycles. The van der Waals surface area contributed by atoms with Crippen LogP contribution in [-0.4, -0.2) is 27.9 Å². The Morgan fingerprint density at radius 1 is 0.947 bits per heavy atom. The van der Waals surface area contributed by atoms with E-state index in [1.54, 1.807) is 11.3 Å². The van der Waals surface area contributed by atoms with E-state index < -0.39 is 0 Å². The number of anilines is 1. The number of phenols is 1. The Balaban J connectivity index is 1.44. The first-order valence-electron chi connectivity index (χ1n) is 12.8. The molecule has 0 bridgehead atoms. The van der Waals surface area contributed by atoms with Crippen LogP contribution in [0.1, 0.15) is 72.9 Å². The van der Waals surface area contributed by atoms with Crippen LogP contribution in [0.15, 0.2) is 59.3 Å². The van der Waals surface area contributed by atoms with Crippen LogP contribution >= 0.6 is 22.7 Å². The van der Waals surface area contributed by atoms with Crippen molar-refractivity contribution in [1.29, 1.82) is 0 Å². The second-order valence-electron chi connectivity index (χ2n) is 11.8. The number of nitrogens with zero attached hydrogens (tertiary/aromatic N) is 2. The van der Waals surface area contributed by atoms with E-state index in [0.717, 1.165) is 46.2 Å². The van der Waals surface area contributed by atoms with E-state index in [1.165, 1.54) is 16.9 Å². The van der Waals surface area contributed by atoms with E-state index in [9.17, 15) is 9.90 Å². The molecular formula is C31H37N3O2S2. The largest absolute Gasteiger partial charge is 0.507 e. The van der Waals surface area contributed by atoms with Crippen LogP contribution in [0.3, 0.4) is 0 Å². The van der Waals surface area contributed by atoms with Gasteiger partial charge in [0.2, 0.25) is 0 Å². The van der Waals surface area contributed by atoms with Gasteiger partial charge >= 0.3 is 0 Å². The summed E-state index contributed by atoms with van der Waals surface area (Å²) in [7, 11) is 2.09. The zero-order valence-electron chi connectivity index (χ0n) is 23.3. The third-order valence-corrected chi connectivity index (χ3v) is 8.09. The van der Waals surface area contributed by atoms with E-state index in [4.69, 9.17) is 4.98 Å². The van der Waals surface area contributed by atoms with E-state index in [-0.39, 0.29) is 16.7 Å². The average Bonchev–Trinajstić information content (AvgIpc) is 3.52. The Bertz CT molecular complexity index is 1360. The molecule has 2 N–H and O–H groups in total. The number of hydrogen-bond acceptors (Lipinski definition) is 6. The zero-order valence-corrected chi connectivity index (χ0v) is 24.9. The molecule has 7 heteroatoms. The molecule has 0 unspecified atom stereocenters. The van der Waals surface area contributed by atoms with Crippen molar-refractivity contribution in [3.8, 4) is 17.0 Å². The van der Waals surface area contributed by atoms with Crippen LogP contribution in [-0.2, 0) is 23.9 Å². The summed E-state index contributed by atoms with van der Waals surface area (Å²) in [4.78, 5) is 20.2. The maximum atomic E-state index is 12.3. The van der Waals surface area contributed by atoms with Gasteiger partial charge in [0.1, 0.15) is 10.8 Å². The Hall–Kier alpha value is -3.00. The van der Waals surface area contributed by atoms with Crippen LogP contribution < -0.4 is 5.32 Å². The van der Waals surface area contributed by atoms with Gasteiger partial charge in [-0.2, -0.15) is 0 Å². The smallest absolute Gasteiger partial charge is 0.265 e. The van der Waals surface area contributed by atoms with E-state index in [1.807, 2.05) is 41.8 Å². The summed E-state index contributed by atoms with van der Waals surface area (Å²) in [6.07, 6.45) is 0. The molecule has 1 amide bonds. The molecule has 200 valence electrons. The Labute approximate surface area is 234 Å². The zero-order chi connectivity index (χ0) is 27.7. The lowest BCUT2D eigenvalue weighted by Crippen LogP contribution is -2.17. The molecule has 0 saturated heterocycles. The number of hydrogen-bond donors (Lipinski definition) is 2. The van der Waals surface area contributed by atoms with Crippen molar-refractivity contribution in [3.63, 3.8) is 0 Å². The summed E-state index contributed by atoms with van der Waals surface area (Å²) < 4.78 is 0. The number of carbonyl (C=O) groups is 1. The van der Waals surface area contributed by atoms with Gasteiger partial charge < -0.3 is 10.4 Å². The van der Waals surface area contributed by atoms with Gasteiger partial charge in [0, 0.05) is 34.3 Å². The molecule has 0 aliphatic carbocycles. The Kier molecular flexibility index (Phi) is 8.12. The topological polar surface area (TPSA) is 65.5 Å². The van der Waals surface area contributed by atoms with Crippen molar-refractivity contribution in [3.05, 3.63) is 85.9 Å². The molecule has 0 saturated carbocycles. The molecule has 4 aromatic rings. The lowest BCUT2D eigenvalue weighted by atomic mass is 9.78. The van der Waals surface area contributed by atoms with Crippen molar-refractivity contribution in [2.24, 2.45) is 0 Å². The van der Waals surface area contributed by atoms with Gasteiger partial charge in [0.05, 0.1) is 17.1 Å². The molecule has 38 heavy (non-hydrogen) atoms. The summed E-state index contributed by atoms with van der Waals surface area (Å²) in [6, 6.07) is 15.9. The highest BCUT2D eigenvalue weighted by atomic mass is 32.1. The second kappa shape index (κ2) is 11.0. The normalized spacial score (nSPS) is 12.2. The third-order valence-electron chi connectivity index (χ3n) is 6.39. The highest BCUT2D eigenvalue weighted by molar-refractivity contribution is 7.12. The number of thiophene rings is 1. The average molecular weight is 548 g/mol. The van der Waals surface area contributed by atoms with Gasteiger partial charge in [-0.25, -0.2) is 4.98 Å². The monoisotopic (exact) mass is 547 g/mol. The van der Waals surface area contributed by atoms with Gasteiger partial charge in [-0.1, -0.05) is 59.7 Å². The predicted molar refractivity (Wildman–Crippen MR) is 160 cm³/mol. The van der Waals surface area contributed by atoms with Crippen molar-refractivity contribution in [1.82, 2.24) is 9.88 Å².